The number of amides is 2. The van der Waals surface area contributed by atoms with Crippen LogP contribution in [-0.4, -0.2) is 69.9 Å². The van der Waals surface area contributed by atoms with E-state index in [1.807, 2.05) is 75.4 Å². The number of aliphatic hydroxyl groups excluding tert-OH is 1. The Bertz CT molecular complexity index is 1980. The monoisotopic (exact) mass is 759 g/mol. The van der Waals surface area contributed by atoms with Gasteiger partial charge < -0.3 is 30.1 Å². The minimum atomic E-state index is -0.692. The summed E-state index contributed by atoms with van der Waals surface area (Å²) in [5, 5.41) is 17.2. The number of nitrogens with one attached hydrogen (secondary N) is 2. The van der Waals surface area contributed by atoms with Crippen molar-refractivity contribution in [1.82, 2.24) is 25.5 Å². The van der Waals surface area contributed by atoms with Crippen LogP contribution in [0.25, 0.3) is 33.6 Å². The first-order valence-electron chi connectivity index (χ1n) is 18.1. The van der Waals surface area contributed by atoms with Crippen molar-refractivity contribution in [3.05, 3.63) is 87.5 Å². The molecule has 3 heterocycles. The van der Waals surface area contributed by atoms with Gasteiger partial charge >= 0.3 is 6.09 Å². The Morgan fingerprint density at radius 2 is 1.60 bits per heavy atom. The molecular weight excluding hydrogens is 713 g/mol. The maximum absolute atomic E-state index is 13.3. The molecule has 3 N–H and O–H groups in total. The van der Waals surface area contributed by atoms with E-state index >= 15 is 0 Å². The van der Waals surface area contributed by atoms with Crippen LogP contribution in [0.3, 0.4) is 0 Å². The summed E-state index contributed by atoms with van der Waals surface area (Å²) in [7, 11) is 1.54. The standard InChI is InChI=1S/C41H47Cl2N5O5/c1-24(49)21-44-32-13-8-14-33-29(32)17-19-34(46-33)30-11-6-9-27(37(30)42)28-10-7-12-31(38(28)43)35-18-15-25(39(47-35)52-5)22-48(40(51)53-41(2,3)4)23-26-16-20-36(50)45-26/h6-7,9-12,15,17-19,24,26,32,44,49H,8,13-14,16,20-23H2,1-5H3,(H,45,50)/t24?,26-,32?/m0/s1. The van der Waals surface area contributed by atoms with Crippen LogP contribution in [0.15, 0.2) is 60.7 Å². The Hall–Kier alpha value is -4.22. The fraction of sp³-hybridized carbons (Fsp3) is 0.415. The molecular formula is C41H47Cl2N5O5. The molecule has 3 atom stereocenters. The fourth-order valence-electron chi connectivity index (χ4n) is 6.94. The van der Waals surface area contributed by atoms with Crippen molar-refractivity contribution >= 4 is 35.2 Å². The molecule has 0 bridgehead atoms. The number of aryl methyl sites for hydroxylation is 1. The lowest BCUT2D eigenvalue weighted by molar-refractivity contribution is -0.119. The van der Waals surface area contributed by atoms with Gasteiger partial charge in [-0.25, -0.2) is 9.78 Å². The van der Waals surface area contributed by atoms with Crippen LogP contribution >= 0.6 is 23.2 Å². The summed E-state index contributed by atoms with van der Waals surface area (Å²) in [5.74, 6) is 0.316. The molecule has 2 amide bonds. The molecule has 2 aromatic carbocycles. The van der Waals surface area contributed by atoms with Gasteiger partial charge in [0.15, 0.2) is 0 Å². The van der Waals surface area contributed by atoms with E-state index < -0.39 is 17.8 Å². The number of hydrogen-bond donors (Lipinski definition) is 3. The van der Waals surface area contributed by atoms with Crippen molar-refractivity contribution in [2.24, 2.45) is 0 Å². The number of nitrogens with zero attached hydrogens (tertiary/aromatic N) is 3. The number of fused-ring (bicyclic) bond motifs is 1. The number of ether oxygens (including phenoxy) is 2. The molecule has 2 aliphatic rings. The average Bonchev–Trinajstić information content (AvgIpc) is 3.54. The second kappa shape index (κ2) is 16.4. The molecule has 12 heteroatoms. The number of pyridine rings is 2. The predicted molar refractivity (Wildman–Crippen MR) is 208 cm³/mol. The number of carbonyl (C=O) groups excluding carboxylic acids is 2. The topological polar surface area (TPSA) is 126 Å². The molecule has 4 aromatic rings. The van der Waals surface area contributed by atoms with Gasteiger partial charge in [-0.05, 0) is 77.1 Å². The molecule has 1 saturated heterocycles. The zero-order valence-corrected chi connectivity index (χ0v) is 32.4. The molecule has 53 heavy (non-hydrogen) atoms. The highest BCUT2D eigenvalue weighted by atomic mass is 35.5. The molecule has 1 aliphatic heterocycles. The van der Waals surface area contributed by atoms with Crippen LogP contribution in [0, 0.1) is 0 Å². The maximum atomic E-state index is 13.3. The lowest BCUT2D eigenvalue weighted by Gasteiger charge is -2.29. The van der Waals surface area contributed by atoms with Gasteiger partial charge in [-0.1, -0.05) is 65.7 Å². The average molecular weight is 761 g/mol. The highest BCUT2D eigenvalue weighted by Crippen LogP contribution is 2.43. The normalized spacial score (nSPS) is 17.5. The van der Waals surface area contributed by atoms with Crippen molar-refractivity contribution in [2.45, 2.75) is 90.1 Å². The minimum absolute atomic E-state index is 0.0263. The van der Waals surface area contributed by atoms with Crippen molar-refractivity contribution in [1.29, 1.82) is 0 Å². The van der Waals surface area contributed by atoms with Crippen LogP contribution in [0.4, 0.5) is 4.79 Å². The third kappa shape index (κ3) is 9.12. The lowest BCUT2D eigenvalue weighted by atomic mass is 9.90. The van der Waals surface area contributed by atoms with Gasteiger partial charge in [-0.2, -0.15) is 0 Å². The number of methoxy groups -OCH3 is 1. The number of benzene rings is 2. The number of rotatable bonds is 11. The van der Waals surface area contributed by atoms with Gasteiger partial charge in [-0.3, -0.25) is 9.78 Å². The number of aromatic nitrogens is 2. The molecule has 2 unspecified atom stereocenters. The van der Waals surface area contributed by atoms with E-state index in [0.717, 1.165) is 52.9 Å². The van der Waals surface area contributed by atoms with E-state index in [9.17, 15) is 14.7 Å². The van der Waals surface area contributed by atoms with Gasteiger partial charge in [0.1, 0.15) is 5.60 Å². The SMILES string of the molecule is COc1nc(-c2cccc(-c3cccc(-c4ccc5c(n4)CCCC5NCC(C)O)c3Cl)c2Cl)ccc1CN(C[C@@H]1CCC(=O)N1)C(=O)OC(C)(C)C. The number of halogens is 2. The highest BCUT2D eigenvalue weighted by Gasteiger charge is 2.30. The molecule has 280 valence electrons. The van der Waals surface area contributed by atoms with E-state index in [1.165, 1.54) is 7.11 Å². The molecule has 0 spiro atoms. The smallest absolute Gasteiger partial charge is 0.410 e. The summed E-state index contributed by atoms with van der Waals surface area (Å²) >= 11 is 14.3. The maximum Gasteiger partial charge on any atom is 0.410 e. The van der Waals surface area contributed by atoms with E-state index in [1.54, 1.807) is 11.8 Å². The van der Waals surface area contributed by atoms with Gasteiger partial charge in [0.25, 0.3) is 0 Å². The largest absolute Gasteiger partial charge is 0.481 e. The minimum Gasteiger partial charge on any atom is -0.481 e. The van der Waals surface area contributed by atoms with Crippen LogP contribution in [0.1, 0.15) is 76.2 Å². The Morgan fingerprint density at radius 1 is 0.962 bits per heavy atom. The summed E-state index contributed by atoms with van der Waals surface area (Å²) in [6.07, 6.45) is 3.06. The molecule has 10 nitrogen and oxygen atoms in total. The first kappa shape index (κ1) is 38.5. The summed E-state index contributed by atoms with van der Waals surface area (Å²) in [6, 6.07) is 19.5. The fourth-order valence-corrected chi connectivity index (χ4v) is 7.59. The molecule has 0 saturated carbocycles. The van der Waals surface area contributed by atoms with Crippen molar-refractivity contribution < 1.29 is 24.2 Å². The highest BCUT2D eigenvalue weighted by molar-refractivity contribution is 6.39. The van der Waals surface area contributed by atoms with Crippen LogP contribution < -0.4 is 15.4 Å². The molecule has 1 aliphatic carbocycles. The lowest BCUT2D eigenvalue weighted by Crippen LogP contribution is -2.43. The van der Waals surface area contributed by atoms with Gasteiger partial charge in [0.2, 0.25) is 11.8 Å². The summed E-state index contributed by atoms with van der Waals surface area (Å²) < 4.78 is 11.4. The Balaban J connectivity index is 1.28. The number of carbonyl (C=O) groups is 2. The Morgan fingerprint density at radius 3 is 2.21 bits per heavy atom. The van der Waals surface area contributed by atoms with Crippen molar-refractivity contribution in [3.8, 4) is 39.5 Å². The Kier molecular flexibility index (Phi) is 11.9. The molecule has 2 aromatic heterocycles. The van der Waals surface area contributed by atoms with Crippen LogP contribution in [0.2, 0.25) is 10.0 Å². The van der Waals surface area contributed by atoms with Gasteiger partial charge in [-0.15, -0.1) is 0 Å². The third-order valence-corrected chi connectivity index (χ3v) is 10.3. The molecule has 6 rings (SSSR count). The summed E-state index contributed by atoms with van der Waals surface area (Å²) in [6.45, 7) is 8.23. The Labute approximate surface area is 321 Å². The molecule has 0 radical (unpaired) electrons. The van der Waals surface area contributed by atoms with Crippen molar-refractivity contribution in [2.75, 3.05) is 20.2 Å². The van der Waals surface area contributed by atoms with E-state index in [0.29, 0.717) is 58.7 Å². The number of hydrogen-bond acceptors (Lipinski definition) is 8. The zero-order valence-electron chi connectivity index (χ0n) is 30.8. The second-order valence-corrected chi connectivity index (χ2v) is 15.6. The first-order chi connectivity index (χ1) is 25.3. The van der Waals surface area contributed by atoms with Crippen LogP contribution in [-0.2, 0) is 22.5 Å². The second-order valence-electron chi connectivity index (χ2n) is 14.8. The quantitative estimate of drug-likeness (QED) is 0.140. The zero-order chi connectivity index (χ0) is 37.9. The van der Waals surface area contributed by atoms with Gasteiger partial charge in [0, 0.05) is 65.1 Å². The summed E-state index contributed by atoms with van der Waals surface area (Å²) in [5.41, 5.74) is 6.58. The predicted octanol–water partition coefficient (Wildman–Crippen LogP) is 8.16. The van der Waals surface area contributed by atoms with Crippen molar-refractivity contribution in [3.63, 3.8) is 0 Å². The van der Waals surface area contributed by atoms with E-state index in [4.69, 9.17) is 42.6 Å². The van der Waals surface area contributed by atoms with Crippen LogP contribution in [0.5, 0.6) is 5.88 Å². The van der Waals surface area contributed by atoms with E-state index in [2.05, 4.69) is 16.7 Å². The first-order valence-corrected chi connectivity index (χ1v) is 18.9. The number of aliphatic hydroxyl groups is 1. The molecule has 1 fully saturated rings. The summed E-state index contributed by atoms with van der Waals surface area (Å²) in [4.78, 5) is 36.6. The third-order valence-electron chi connectivity index (χ3n) is 9.46. The van der Waals surface area contributed by atoms with E-state index in [-0.39, 0.29) is 24.5 Å². The van der Waals surface area contributed by atoms with Gasteiger partial charge in [0.05, 0.1) is 41.2 Å².